The maximum atomic E-state index is 14.0. The van der Waals surface area contributed by atoms with E-state index in [1.165, 1.54) is 0 Å². The van der Waals surface area contributed by atoms with Crippen LogP contribution in [0.2, 0.25) is 0 Å². The monoisotopic (exact) mass is 1430 g/mol. The number of nitrogens with zero attached hydrogens (tertiary/aromatic N) is 5. The number of aliphatic hydroxyl groups is 20. The smallest absolute Gasteiger partial charge is 0.480 e. The Morgan fingerprint density at radius 1 is 0.438 bits per heavy atom. The molecule has 0 bridgehead atoms. The van der Waals surface area contributed by atoms with E-state index in [4.69, 9.17) is 39.5 Å². The number of nitrogens with one attached hydrogen (secondary N) is 4. The number of carbonyl (C=O) groups excluding carboxylic acids is 3. The van der Waals surface area contributed by atoms with Crippen LogP contribution in [0.15, 0.2) is 0 Å². The second-order valence-electron chi connectivity index (χ2n) is 21.1. The summed E-state index contributed by atoms with van der Waals surface area (Å²) in [6.07, 6.45) is -35.1. The highest BCUT2D eigenvalue weighted by atomic mass is 31.1. The number of aliphatic hydroxyl groups excluding tert-OH is 20. The molecule has 0 heterocycles. The van der Waals surface area contributed by atoms with Crippen molar-refractivity contribution in [2.75, 3.05) is 145 Å². The van der Waals surface area contributed by atoms with E-state index in [2.05, 4.69) is 21.6 Å². The summed E-state index contributed by atoms with van der Waals surface area (Å²) in [6.45, 7) is -15.3. The number of carboxylic acids is 4. The first-order chi connectivity index (χ1) is 45.0. The summed E-state index contributed by atoms with van der Waals surface area (Å²) in [5, 5.41) is 241. The Morgan fingerprint density at radius 2 is 0.792 bits per heavy atom. The van der Waals surface area contributed by atoms with Gasteiger partial charge in [-0.1, -0.05) is 0 Å². The minimum Gasteiger partial charge on any atom is -0.480 e. The van der Waals surface area contributed by atoms with Crippen LogP contribution in [0.5, 0.6) is 0 Å². The highest BCUT2D eigenvalue weighted by molar-refractivity contribution is 7.32. The van der Waals surface area contributed by atoms with E-state index in [1.54, 1.807) is 0 Å². The highest BCUT2D eigenvalue weighted by Crippen LogP contribution is 2.17. The average molecular weight is 1430 g/mol. The van der Waals surface area contributed by atoms with Crippen molar-refractivity contribution in [1.29, 1.82) is 0 Å². The van der Waals surface area contributed by atoms with Crippen LogP contribution in [0, 0.1) is 0 Å². The number of carbonyl (C=O) groups is 7. The normalized spacial score (nSPS) is 17.9. The Hall–Kier alpha value is -4.85. The third-order valence-electron chi connectivity index (χ3n) is 14.0. The lowest BCUT2D eigenvalue weighted by molar-refractivity contribution is -0.169. The lowest BCUT2D eigenvalue weighted by Crippen LogP contribution is -2.53. The van der Waals surface area contributed by atoms with Crippen LogP contribution >= 0.6 is 8.25 Å². The van der Waals surface area contributed by atoms with Crippen molar-refractivity contribution in [3.63, 3.8) is 0 Å². The zero-order valence-electron chi connectivity index (χ0n) is 51.6. The third-order valence-corrected chi connectivity index (χ3v) is 14.3. The van der Waals surface area contributed by atoms with E-state index >= 15 is 0 Å². The van der Waals surface area contributed by atoms with E-state index in [0.717, 1.165) is 24.7 Å². The molecule has 0 aromatic heterocycles. The predicted molar refractivity (Wildman–Crippen MR) is 310 cm³/mol. The topological polar surface area (TPSA) is 744 Å². The SMILES string of the molecule is O=C(O)CN(CCN(CCN(CC(=O)O)[C@@H](CC(=O)N(CCNOCC(O)C(O)C(O)C(O)CO)CCNOCC(O)C(O)C(O)C(O)CO)C(=O)O)CO[P+](=O)O)C(CCON(CCNC(=O)C(O)C(O)C(O)C(O)CO)CCNC(=O)C(O)C(O)C(O)C(O)CO)C(=O)O. The molecule has 0 radical (unpaired) electrons. The van der Waals surface area contributed by atoms with E-state index < -0.39 is 304 Å². The summed E-state index contributed by atoms with van der Waals surface area (Å²) < 4.78 is 16.6. The Labute approximate surface area is 546 Å². The van der Waals surface area contributed by atoms with Crippen molar-refractivity contribution in [1.82, 2.24) is 46.3 Å². The zero-order chi connectivity index (χ0) is 73.5. The quantitative estimate of drug-likeness (QED) is 0.0116. The summed E-state index contributed by atoms with van der Waals surface area (Å²) in [5.41, 5.74) is 4.64. The van der Waals surface area contributed by atoms with Crippen molar-refractivity contribution >= 4 is 49.9 Å². The number of hydrogen-bond donors (Lipinski definition) is 29. The summed E-state index contributed by atoms with van der Waals surface area (Å²) >= 11 is 0. The second-order valence-corrected chi connectivity index (χ2v) is 21.9. The van der Waals surface area contributed by atoms with E-state index in [9.17, 15) is 145 Å². The molecule has 0 fully saturated rings. The average Bonchev–Trinajstić information content (AvgIpc) is 0.957. The van der Waals surface area contributed by atoms with Gasteiger partial charge in [0.25, 0.3) is 11.8 Å². The summed E-state index contributed by atoms with van der Waals surface area (Å²) in [5.74, 6) is -10.5. The number of hydrogen-bond acceptors (Lipinski definition) is 38. The molecule has 0 rings (SSSR count). The van der Waals surface area contributed by atoms with E-state index in [0.29, 0.717) is 0 Å². The first kappa shape index (κ1) is 91.1. The lowest BCUT2D eigenvalue weighted by atomic mass is 10.0. The number of aliphatic carboxylic acids is 4. The number of amides is 3. The fraction of sp³-hybridized carbons (Fsp3) is 0.857. The van der Waals surface area contributed by atoms with Gasteiger partial charge in [0.2, 0.25) is 5.91 Å². The molecule has 18 unspecified atom stereocenters. The summed E-state index contributed by atoms with van der Waals surface area (Å²) in [4.78, 5) is 118. The van der Waals surface area contributed by atoms with Gasteiger partial charge in [-0.15, -0.1) is 9.42 Å². The van der Waals surface area contributed by atoms with Gasteiger partial charge in [-0.3, -0.25) is 62.8 Å². The molecular formula is C49H95N9O37P+. The first-order valence-electron chi connectivity index (χ1n) is 29.1. The maximum absolute atomic E-state index is 14.0. The van der Waals surface area contributed by atoms with Gasteiger partial charge in [-0.2, -0.15) is 5.06 Å². The van der Waals surface area contributed by atoms with Crippen LogP contribution in [-0.2, 0) is 57.2 Å². The lowest BCUT2D eigenvalue weighted by Gasteiger charge is -2.33. The Morgan fingerprint density at radius 3 is 1.14 bits per heavy atom. The molecular weight excluding hydrogens is 1340 g/mol. The molecule has 29 N–H and O–H groups in total. The molecule has 0 aliphatic heterocycles. The van der Waals surface area contributed by atoms with Gasteiger partial charge >= 0.3 is 32.1 Å². The molecule has 47 heteroatoms. The number of rotatable bonds is 59. The molecule has 0 aliphatic carbocycles. The zero-order valence-corrected chi connectivity index (χ0v) is 52.5. The van der Waals surface area contributed by atoms with Crippen molar-refractivity contribution in [3.8, 4) is 0 Å². The Bertz CT molecular complexity index is 2170. The number of carboxylic acid groups (broad SMARTS) is 4. The fourth-order valence-corrected chi connectivity index (χ4v) is 8.53. The molecule has 19 atom stereocenters. The van der Waals surface area contributed by atoms with Crippen molar-refractivity contribution in [2.24, 2.45) is 0 Å². The minimum absolute atomic E-state index is 0.370. The Kier molecular flexibility index (Phi) is 47.1. The largest absolute Gasteiger partial charge is 0.696 e. The van der Waals surface area contributed by atoms with Crippen LogP contribution in [0.3, 0.4) is 0 Å². The first-order valence-corrected chi connectivity index (χ1v) is 30.3. The highest BCUT2D eigenvalue weighted by Gasteiger charge is 2.38. The molecule has 0 aromatic carbocycles. The molecule has 0 aliphatic rings. The van der Waals surface area contributed by atoms with Gasteiger partial charge in [0.1, 0.15) is 97.5 Å². The van der Waals surface area contributed by atoms with Crippen molar-refractivity contribution in [2.45, 2.75) is 123 Å². The van der Waals surface area contributed by atoms with Gasteiger partial charge in [0, 0.05) is 83.1 Å². The molecule has 0 saturated heterocycles. The minimum atomic E-state index is -3.42. The van der Waals surface area contributed by atoms with E-state index in [1.807, 2.05) is 0 Å². The fourth-order valence-electron chi connectivity index (χ4n) is 8.26. The summed E-state index contributed by atoms with van der Waals surface area (Å²) in [7, 11) is -3.42. The molecule has 0 spiro atoms. The maximum Gasteiger partial charge on any atom is 0.696 e. The molecule has 96 heavy (non-hydrogen) atoms. The molecule has 3 amide bonds. The van der Waals surface area contributed by atoms with E-state index in [-0.39, 0.29) is 13.1 Å². The van der Waals surface area contributed by atoms with Crippen LogP contribution < -0.4 is 21.6 Å². The molecule has 46 nitrogen and oxygen atoms in total. The van der Waals surface area contributed by atoms with Gasteiger partial charge in [-0.05, 0) is 6.42 Å². The molecule has 562 valence electrons. The summed E-state index contributed by atoms with van der Waals surface area (Å²) in [6, 6.07) is -3.84. The van der Waals surface area contributed by atoms with Crippen LogP contribution in [-0.4, -0.2) is 448 Å². The molecule has 0 aromatic rings. The van der Waals surface area contributed by atoms with Crippen molar-refractivity contribution in [3.05, 3.63) is 0 Å². The van der Waals surface area contributed by atoms with Gasteiger partial charge in [0.15, 0.2) is 18.9 Å². The van der Waals surface area contributed by atoms with Crippen LogP contribution in [0.1, 0.15) is 12.8 Å². The number of hydroxylamine groups is 4. The van der Waals surface area contributed by atoms with Gasteiger partial charge in [0.05, 0.1) is 65.8 Å². The van der Waals surface area contributed by atoms with Gasteiger partial charge in [-0.25, -0.2) is 11.0 Å². The standard InChI is InChI=1S/C49H94N9O37P/c59-18-27(63)36(74)40(78)31(67)22-92-52-4-6-55(7-5-53-93-23-32(68)41(79)37(75)28(64)19-60)33(69)15-26(49(88)89)57(17-35(72)73)13-11-54(24-95-96(90)91)10-12-56(16-34(70)71)25(48(86)87)1-14-94-58(8-2-50-46(84)44(82)42(80)38(76)29(65)20-61)9-3-51-47(85)45(83)43(81)39(77)30(66)21-62/h25-32,36-45,52-53,59-68,74-83H,1-24H2,(H6-,50,51,70,71,72,73,84,85,86,87,88,89,90,91)/p+1/t25?,26-,27?,28?,29?,30?,31?,32?,36?,37?,38?,39?,40?,41?,42?,43?,44?,45?/m0/s1. The van der Waals surface area contributed by atoms with Crippen LogP contribution in [0.4, 0.5) is 0 Å². The van der Waals surface area contributed by atoms with Crippen LogP contribution in [0.25, 0.3) is 0 Å². The van der Waals surface area contributed by atoms with Gasteiger partial charge < -0.3 is 138 Å². The predicted octanol–water partition coefficient (Wildman–Crippen LogP) is -17.5. The Balaban J connectivity index is 6.74. The van der Waals surface area contributed by atoms with Crippen molar-refractivity contribution < 1.29 is 185 Å². The third kappa shape index (κ3) is 35.3. The second kappa shape index (κ2) is 49.6. The molecule has 0 saturated carbocycles.